The molecule has 0 amide bonds. The molecule has 0 saturated carbocycles. The van der Waals surface area contributed by atoms with E-state index in [-0.39, 0.29) is 0 Å². The first kappa shape index (κ1) is 13.3. The molecule has 22 heavy (non-hydrogen) atoms. The van der Waals surface area contributed by atoms with Crippen LogP contribution in [0.2, 0.25) is 0 Å². The van der Waals surface area contributed by atoms with Gasteiger partial charge in [0, 0.05) is 0 Å². The fourth-order valence-electron chi connectivity index (χ4n) is 3.64. The summed E-state index contributed by atoms with van der Waals surface area (Å²) in [5.41, 5.74) is 10.2. The summed E-state index contributed by atoms with van der Waals surface area (Å²) < 4.78 is 0. The molecule has 0 nitrogen and oxygen atoms in total. The van der Waals surface area contributed by atoms with Crippen LogP contribution in [0, 0.1) is 6.92 Å². The highest BCUT2D eigenvalue weighted by Crippen LogP contribution is 2.33. The van der Waals surface area contributed by atoms with Gasteiger partial charge >= 0.3 is 0 Å². The maximum atomic E-state index is 2.31. The minimum Gasteiger partial charge on any atom is -0.0620 e. The number of aryl methyl sites for hydroxylation is 3. The second-order valence-corrected chi connectivity index (χ2v) is 6.20. The Bertz CT molecular complexity index is 827. The number of hydrogen-bond acceptors (Lipinski definition) is 0. The normalized spacial score (nSPS) is 13.1. The zero-order chi connectivity index (χ0) is 14.9. The Morgan fingerprint density at radius 3 is 2.09 bits per heavy atom. The van der Waals surface area contributed by atoms with Gasteiger partial charge in [-0.25, -0.2) is 0 Å². The molecule has 4 rings (SSSR count). The van der Waals surface area contributed by atoms with Crippen molar-refractivity contribution in [2.45, 2.75) is 26.2 Å². The molecule has 0 spiro atoms. The van der Waals surface area contributed by atoms with Gasteiger partial charge in [0.15, 0.2) is 0 Å². The van der Waals surface area contributed by atoms with Gasteiger partial charge in [0.2, 0.25) is 0 Å². The topological polar surface area (TPSA) is 0 Å². The Hall–Kier alpha value is -2.34. The van der Waals surface area contributed by atoms with Crippen molar-refractivity contribution < 1.29 is 0 Å². The molecule has 0 fully saturated rings. The van der Waals surface area contributed by atoms with Gasteiger partial charge < -0.3 is 0 Å². The minimum atomic E-state index is 1.05. The Balaban J connectivity index is 1.90. The van der Waals surface area contributed by atoms with E-state index in [4.69, 9.17) is 0 Å². The summed E-state index contributed by atoms with van der Waals surface area (Å²) in [6, 6.07) is 24.4. The second-order valence-electron chi connectivity index (χ2n) is 6.20. The Morgan fingerprint density at radius 1 is 0.591 bits per heavy atom. The van der Waals surface area contributed by atoms with Crippen LogP contribution in [0.4, 0.5) is 0 Å². The molecule has 0 atom stereocenters. The molecule has 3 aromatic carbocycles. The van der Waals surface area contributed by atoms with Gasteiger partial charge in [0.05, 0.1) is 0 Å². The largest absolute Gasteiger partial charge is 0.0620 e. The highest BCUT2D eigenvalue weighted by Gasteiger charge is 2.17. The maximum absolute atomic E-state index is 2.31. The van der Waals surface area contributed by atoms with E-state index in [1.807, 2.05) is 0 Å². The molecule has 0 aromatic heterocycles. The summed E-state index contributed by atoms with van der Waals surface area (Å²) in [4.78, 5) is 0. The molecule has 0 unspecified atom stereocenters. The smallest absolute Gasteiger partial charge is 0.00141 e. The molecule has 0 N–H and O–H groups in total. The van der Waals surface area contributed by atoms with E-state index in [2.05, 4.69) is 73.7 Å². The third-order valence-corrected chi connectivity index (χ3v) is 4.86. The van der Waals surface area contributed by atoms with Crippen LogP contribution in [0.3, 0.4) is 0 Å². The van der Waals surface area contributed by atoms with Crippen molar-refractivity contribution in [1.29, 1.82) is 0 Å². The van der Waals surface area contributed by atoms with Crippen LogP contribution in [-0.2, 0) is 19.3 Å². The molecule has 0 heterocycles. The van der Waals surface area contributed by atoms with Gasteiger partial charge in [0.1, 0.15) is 0 Å². The molecular weight excluding hydrogens is 264 g/mol. The lowest BCUT2D eigenvalue weighted by atomic mass is 9.90. The molecule has 1 aliphatic rings. The number of fused-ring (bicyclic) bond motifs is 2. The molecule has 1 aliphatic carbocycles. The summed E-state index contributed by atoms with van der Waals surface area (Å²) in [6.07, 6.45) is 3.35. The summed E-state index contributed by atoms with van der Waals surface area (Å²) in [5, 5.41) is 0. The average Bonchev–Trinajstić information content (AvgIpc) is 2.74. The molecule has 0 saturated heterocycles. The van der Waals surface area contributed by atoms with Crippen LogP contribution < -0.4 is 0 Å². The number of rotatable bonds is 1. The summed E-state index contributed by atoms with van der Waals surface area (Å²) in [7, 11) is 0. The SMILES string of the molecule is Cc1ccccc1-c1cccc2c1Cc1ccccc1CC2. The van der Waals surface area contributed by atoms with E-state index in [1.54, 1.807) is 0 Å². The molecule has 3 aromatic rings. The number of benzene rings is 3. The van der Waals surface area contributed by atoms with Gasteiger partial charge in [-0.15, -0.1) is 0 Å². The zero-order valence-corrected chi connectivity index (χ0v) is 13.0. The van der Waals surface area contributed by atoms with Crippen molar-refractivity contribution in [3.63, 3.8) is 0 Å². The van der Waals surface area contributed by atoms with Gasteiger partial charge in [-0.2, -0.15) is 0 Å². The third-order valence-electron chi connectivity index (χ3n) is 4.86. The van der Waals surface area contributed by atoms with E-state index in [0.29, 0.717) is 0 Å². The molecule has 108 valence electrons. The van der Waals surface area contributed by atoms with Crippen LogP contribution >= 0.6 is 0 Å². The predicted octanol–water partition coefficient (Wildman–Crippen LogP) is 5.35. The molecular formula is C22H20. The van der Waals surface area contributed by atoms with Crippen LogP contribution in [0.1, 0.15) is 27.8 Å². The van der Waals surface area contributed by atoms with Crippen molar-refractivity contribution in [3.05, 3.63) is 94.5 Å². The predicted molar refractivity (Wildman–Crippen MR) is 93.3 cm³/mol. The van der Waals surface area contributed by atoms with Crippen LogP contribution in [-0.4, -0.2) is 0 Å². The van der Waals surface area contributed by atoms with Gasteiger partial charge in [-0.05, 0) is 65.1 Å². The lowest BCUT2D eigenvalue weighted by Crippen LogP contribution is -1.97. The van der Waals surface area contributed by atoms with E-state index in [0.717, 1.165) is 19.3 Å². The minimum absolute atomic E-state index is 1.05. The van der Waals surface area contributed by atoms with Gasteiger partial charge in [-0.1, -0.05) is 66.7 Å². The fraction of sp³-hybridized carbons (Fsp3) is 0.182. The highest BCUT2D eigenvalue weighted by molar-refractivity contribution is 5.72. The summed E-state index contributed by atoms with van der Waals surface area (Å²) >= 11 is 0. The standard InChI is InChI=1S/C22H20/c1-16-7-2-5-11-20(16)21-12-6-10-18-14-13-17-8-3-4-9-19(17)15-22(18)21/h2-12H,13-15H2,1H3. The van der Waals surface area contributed by atoms with Crippen molar-refractivity contribution in [2.24, 2.45) is 0 Å². The Morgan fingerprint density at radius 2 is 1.23 bits per heavy atom. The molecule has 0 heteroatoms. The van der Waals surface area contributed by atoms with Crippen molar-refractivity contribution in [3.8, 4) is 11.1 Å². The first-order valence-corrected chi connectivity index (χ1v) is 8.06. The third kappa shape index (κ3) is 2.25. The lowest BCUT2D eigenvalue weighted by molar-refractivity contribution is 0.965. The zero-order valence-electron chi connectivity index (χ0n) is 13.0. The molecule has 0 bridgehead atoms. The lowest BCUT2D eigenvalue weighted by Gasteiger charge is -2.15. The molecule has 0 radical (unpaired) electrons. The van der Waals surface area contributed by atoms with Crippen molar-refractivity contribution >= 4 is 0 Å². The Labute approximate surface area is 132 Å². The van der Waals surface area contributed by atoms with E-state index < -0.39 is 0 Å². The summed E-state index contributed by atoms with van der Waals surface area (Å²) in [5.74, 6) is 0. The van der Waals surface area contributed by atoms with Crippen LogP contribution in [0.15, 0.2) is 66.7 Å². The Kier molecular flexibility index (Phi) is 3.31. The quantitative estimate of drug-likeness (QED) is 0.565. The van der Waals surface area contributed by atoms with Gasteiger partial charge in [-0.3, -0.25) is 0 Å². The first-order valence-electron chi connectivity index (χ1n) is 8.06. The highest BCUT2D eigenvalue weighted by atomic mass is 14.2. The van der Waals surface area contributed by atoms with E-state index in [9.17, 15) is 0 Å². The van der Waals surface area contributed by atoms with E-state index >= 15 is 0 Å². The fourth-order valence-corrected chi connectivity index (χ4v) is 3.64. The average molecular weight is 284 g/mol. The molecule has 0 aliphatic heterocycles. The summed E-state index contributed by atoms with van der Waals surface area (Å²) in [6.45, 7) is 2.21. The second kappa shape index (κ2) is 5.46. The maximum Gasteiger partial charge on any atom is -0.00141 e. The van der Waals surface area contributed by atoms with Crippen molar-refractivity contribution in [2.75, 3.05) is 0 Å². The van der Waals surface area contributed by atoms with Gasteiger partial charge in [0.25, 0.3) is 0 Å². The van der Waals surface area contributed by atoms with Crippen LogP contribution in [0.5, 0.6) is 0 Å². The number of hydrogen-bond donors (Lipinski definition) is 0. The van der Waals surface area contributed by atoms with Crippen molar-refractivity contribution in [1.82, 2.24) is 0 Å². The van der Waals surface area contributed by atoms with Crippen LogP contribution in [0.25, 0.3) is 11.1 Å². The van der Waals surface area contributed by atoms with E-state index in [1.165, 1.54) is 38.9 Å². The monoisotopic (exact) mass is 284 g/mol. The first-order chi connectivity index (χ1) is 10.8.